The molecule has 0 saturated carbocycles. The van der Waals surface area contributed by atoms with E-state index in [0.717, 1.165) is 57.9 Å². The van der Waals surface area contributed by atoms with Crippen molar-refractivity contribution >= 4 is 28.7 Å². The van der Waals surface area contributed by atoms with Gasteiger partial charge in [-0.25, -0.2) is 9.67 Å². The number of nitrogens with zero attached hydrogens (tertiary/aromatic N) is 5. The predicted molar refractivity (Wildman–Crippen MR) is 118 cm³/mol. The first-order chi connectivity index (χ1) is 15.0. The lowest BCUT2D eigenvalue weighted by Gasteiger charge is -2.15. The number of fused-ring (bicyclic) bond motifs is 3. The third kappa shape index (κ3) is 3.32. The number of rotatable bonds is 4. The number of benzene rings is 1. The third-order valence-electron chi connectivity index (χ3n) is 5.18. The number of hydrogen-bond donors (Lipinski definition) is 1. The quantitative estimate of drug-likeness (QED) is 0.496. The molecule has 4 aromatic rings. The summed E-state index contributed by atoms with van der Waals surface area (Å²) >= 11 is 1.44. The molecule has 0 bridgehead atoms. The van der Waals surface area contributed by atoms with Gasteiger partial charge in [-0.05, 0) is 43.5 Å². The minimum Gasteiger partial charge on any atom is -0.302 e. The van der Waals surface area contributed by atoms with Crippen molar-refractivity contribution in [3.8, 4) is 27.6 Å². The van der Waals surface area contributed by atoms with Gasteiger partial charge in [-0.1, -0.05) is 11.3 Å². The van der Waals surface area contributed by atoms with Crippen molar-refractivity contribution in [3.05, 3.63) is 59.2 Å². The Morgan fingerprint density at radius 3 is 2.84 bits per heavy atom. The number of hydrogen-bond acceptors (Lipinski definition) is 7. The fourth-order valence-electron chi connectivity index (χ4n) is 3.87. The summed E-state index contributed by atoms with van der Waals surface area (Å²) in [7, 11) is 0. The smallest absolute Gasteiger partial charge is 0.223 e. The van der Waals surface area contributed by atoms with Crippen LogP contribution in [0.2, 0.25) is 0 Å². The molecule has 0 fully saturated rings. The molecule has 1 aliphatic rings. The minimum absolute atomic E-state index is 0.152. The molecule has 0 atom stereocenters. The van der Waals surface area contributed by atoms with Crippen LogP contribution in [0.1, 0.15) is 34.1 Å². The number of anilines is 1. The average molecular weight is 430 g/mol. The molecular formula is C22H18N6O2S. The van der Waals surface area contributed by atoms with E-state index in [1.54, 1.807) is 24.7 Å². The summed E-state index contributed by atoms with van der Waals surface area (Å²) < 4.78 is 1.90. The van der Waals surface area contributed by atoms with Gasteiger partial charge in [-0.3, -0.25) is 19.6 Å². The van der Waals surface area contributed by atoms with Crippen LogP contribution >= 0.6 is 11.3 Å². The zero-order valence-electron chi connectivity index (χ0n) is 16.9. The zero-order chi connectivity index (χ0) is 21.5. The van der Waals surface area contributed by atoms with Gasteiger partial charge in [-0.2, -0.15) is 5.10 Å². The molecule has 1 amide bonds. The second-order valence-electron chi connectivity index (χ2n) is 7.32. The summed E-state index contributed by atoms with van der Waals surface area (Å²) in [5.74, 6) is -0.152. The highest BCUT2D eigenvalue weighted by Crippen LogP contribution is 2.44. The summed E-state index contributed by atoms with van der Waals surface area (Å²) in [6.07, 6.45) is 7.34. The van der Waals surface area contributed by atoms with Gasteiger partial charge in [0.1, 0.15) is 17.7 Å². The molecule has 0 aliphatic heterocycles. The summed E-state index contributed by atoms with van der Waals surface area (Å²) in [6.45, 7) is 3.43. The van der Waals surface area contributed by atoms with E-state index in [0.29, 0.717) is 16.4 Å². The van der Waals surface area contributed by atoms with E-state index in [2.05, 4.69) is 20.3 Å². The fraction of sp³-hybridized carbons (Fsp3) is 0.182. The lowest BCUT2D eigenvalue weighted by molar-refractivity contribution is -0.114. The lowest BCUT2D eigenvalue weighted by Crippen LogP contribution is -2.07. The first-order valence-corrected chi connectivity index (χ1v) is 10.6. The van der Waals surface area contributed by atoms with E-state index >= 15 is 0 Å². The lowest BCUT2D eigenvalue weighted by atomic mass is 9.96. The van der Waals surface area contributed by atoms with Crippen molar-refractivity contribution in [1.82, 2.24) is 24.7 Å². The molecule has 8 nitrogen and oxygen atoms in total. The number of carbonyl (C=O) groups is 2. The maximum atomic E-state index is 11.5. The molecule has 1 aliphatic carbocycles. The van der Waals surface area contributed by atoms with Gasteiger partial charge in [0.05, 0.1) is 28.1 Å². The minimum atomic E-state index is -0.152. The molecule has 3 heterocycles. The van der Waals surface area contributed by atoms with Crippen LogP contribution in [-0.2, 0) is 17.6 Å². The largest absolute Gasteiger partial charge is 0.302 e. The normalized spacial score (nSPS) is 12.2. The number of aldehydes is 1. The fourth-order valence-corrected chi connectivity index (χ4v) is 4.98. The number of nitrogens with one attached hydrogen (secondary N) is 1. The number of thiazole rings is 1. The van der Waals surface area contributed by atoms with E-state index in [-0.39, 0.29) is 5.91 Å². The van der Waals surface area contributed by atoms with Crippen LogP contribution < -0.4 is 5.32 Å². The molecule has 0 saturated heterocycles. The van der Waals surface area contributed by atoms with Crippen LogP contribution in [0.3, 0.4) is 0 Å². The molecule has 0 radical (unpaired) electrons. The molecule has 0 unspecified atom stereocenters. The van der Waals surface area contributed by atoms with Gasteiger partial charge >= 0.3 is 0 Å². The summed E-state index contributed by atoms with van der Waals surface area (Å²) in [5.41, 5.74) is 6.86. The monoisotopic (exact) mass is 430 g/mol. The SMILES string of the molecule is CC(=O)Nc1nc2c(s1)-c1c(c(-c3cnccn3)nn1-c1ccc(C=O)cc1C)CC2. The van der Waals surface area contributed by atoms with E-state index in [9.17, 15) is 9.59 Å². The number of carbonyl (C=O) groups excluding carboxylic acids is 2. The summed E-state index contributed by atoms with van der Waals surface area (Å²) in [4.78, 5) is 37.0. The van der Waals surface area contributed by atoms with Gasteiger partial charge in [-0.15, -0.1) is 0 Å². The van der Waals surface area contributed by atoms with Gasteiger partial charge in [0.2, 0.25) is 5.91 Å². The van der Waals surface area contributed by atoms with Crippen LogP contribution in [0, 0.1) is 6.92 Å². The number of aromatic nitrogens is 5. The van der Waals surface area contributed by atoms with Crippen LogP contribution in [0.25, 0.3) is 27.6 Å². The summed E-state index contributed by atoms with van der Waals surface area (Å²) in [5, 5.41) is 8.31. The molecule has 1 aromatic carbocycles. The highest BCUT2D eigenvalue weighted by atomic mass is 32.1. The van der Waals surface area contributed by atoms with Crippen molar-refractivity contribution in [2.45, 2.75) is 26.7 Å². The second kappa shape index (κ2) is 7.51. The standard InChI is InChI=1S/C22H18N6O2S/c1-12-9-14(11-29)3-6-18(12)28-20-15(19(27-28)17-10-23-7-8-24-17)4-5-16-21(20)31-22(26-16)25-13(2)30/h3,6-11H,4-5H2,1-2H3,(H,25,26,30). The zero-order valence-corrected chi connectivity index (χ0v) is 17.7. The summed E-state index contributed by atoms with van der Waals surface area (Å²) in [6, 6.07) is 5.53. The van der Waals surface area contributed by atoms with E-state index in [1.807, 2.05) is 23.7 Å². The van der Waals surface area contributed by atoms with Crippen LogP contribution in [0.4, 0.5) is 5.13 Å². The van der Waals surface area contributed by atoms with Crippen molar-refractivity contribution in [2.24, 2.45) is 0 Å². The molecule has 5 rings (SSSR count). The van der Waals surface area contributed by atoms with Gasteiger partial charge in [0.15, 0.2) is 5.13 Å². The van der Waals surface area contributed by atoms with Crippen molar-refractivity contribution in [1.29, 1.82) is 0 Å². The van der Waals surface area contributed by atoms with E-state index in [1.165, 1.54) is 18.3 Å². The van der Waals surface area contributed by atoms with Crippen LogP contribution in [0.15, 0.2) is 36.8 Å². The number of amides is 1. The van der Waals surface area contributed by atoms with Crippen molar-refractivity contribution in [2.75, 3.05) is 5.32 Å². The first kappa shape index (κ1) is 19.3. The maximum Gasteiger partial charge on any atom is 0.223 e. The van der Waals surface area contributed by atoms with Gasteiger partial charge in [0, 0.05) is 30.4 Å². The highest BCUT2D eigenvalue weighted by molar-refractivity contribution is 7.19. The van der Waals surface area contributed by atoms with Crippen molar-refractivity contribution < 1.29 is 9.59 Å². The molecule has 1 N–H and O–H groups in total. The Morgan fingerprint density at radius 1 is 1.26 bits per heavy atom. The van der Waals surface area contributed by atoms with Gasteiger partial charge in [0.25, 0.3) is 0 Å². The topological polar surface area (TPSA) is 103 Å². The Bertz CT molecular complexity index is 1330. The predicted octanol–water partition coefficient (Wildman–Crippen LogP) is 3.63. The average Bonchev–Trinajstić information content (AvgIpc) is 3.34. The Kier molecular flexibility index (Phi) is 4.67. The Labute approximate surface area is 182 Å². The van der Waals surface area contributed by atoms with Crippen LogP contribution in [0.5, 0.6) is 0 Å². The first-order valence-electron chi connectivity index (χ1n) is 9.77. The molecule has 0 spiro atoms. The van der Waals surface area contributed by atoms with E-state index < -0.39 is 0 Å². The Balaban J connectivity index is 1.76. The molecule has 31 heavy (non-hydrogen) atoms. The molecule has 154 valence electrons. The van der Waals surface area contributed by atoms with Crippen molar-refractivity contribution in [3.63, 3.8) is 0 Å². The maximum absolute atomic E-state index is 11.5. The van der Waals surface area contributed by atoms with Gasteiger partial charge < -0.3 is 5.32 Å². The Hall–Kier alpha value is -3.72. The second-order valence-corrected chi connectivity index (χ2v) is 8.32. The van der Waals surface area contributed by atoms with Crippen LogP contribution in [-0.4, -0.2) is 36.9 Å². The van der Waals surface area contributed by atoms with E-state index in [4.69, 9.17) is 5.10 Å². The highest BCUT2D eigenvalue weighted by Gasteiger charge is 2.30. The molecular weight excluding hydrogens is 412 g/mol. The Morgan fingerprint density at radius 2 is 2.13 bits per heavy atom. The third-order valence-corrected chi connectivity index (χ3v) is 6.20. The number of aryl methyl sites for hydroxylation is 2. The molecule has 3 aromatic heterocycles. The molecule has 9 heteroatoms.